The van der Waals surface area contributed by atoms with Crippen LogP contribution in [0.15, 0.2) is 54.6 Å². The lowest BCUT2D eigenvalue weighted by Gasteiger charge is -2.21. The first-order valence-electron chi connectivity index (χ1n) is 9.09. The van der Waals surface area contributed by atoms with Crippen molar-refractivity contribution < 1.29 is 14.5 Å². The van der Waals surface area contributed by atoms with E-state index < -0.39 is 0 Å². The second kappa shape index (κ2) is 9.14. The highest BCUT2D eigenvalue weighted by Crippen LogP contribution is 2.14. The number of hydrogen-bond donors (Lipinski definition) is 0. The lowest BCUT2D eigenvalue weighted by Crippen LogP contribution is -2.37. The molecule has 0 atom stereocenters. The maximum atomic E-state index is 12.3. The Balaban J connectivity index is 1.46. The van der Waals surface area contributed by atoms with E-state index >= 15 is 0 Å². The van der Waals surface area contributed by atoms with Gasteiger partial charge in [0.15, 0.2) is 0 Å². The van der Waals surface area contributed by atoms with E-state index in [1.54, 1.807) is 41.3 Å². The zero-order valence-corrected chi connectivity index (χ0v) is 15.1. The Kier molecular flexibility index (Phi) is 6.38. The van der Waals surface area contributed by atoms with Gasteiger partial charge >= 0.3 is 6.09 Å². The van der Waals surface area contributed by atoms with Gasteiger partial charge in [0.05, 0.1) is 4.92 Å². The van der Waals surface area contributed by atoms with Crippen molar-refractivity contribution in [2.75, 3.05) is 32.7 Å². The first-order valence-corrected chi connectivity index (χ1v) is 9.09. The van der Waals surface area contributed by atoms with Crippen LogP contribution in [-0.2, 0) is 6.42 Å². The summed E-state index contributed by atoms with van der Waals surface area (Å²) >= 11 is 0. The summed E-state index contributed by atoms with van der Waals surface area (Å²) < 4.78 is 5.42. The number of nitro groups is 1. The molecule has 3 rings (SSSR count). The SMILES string of the molecule is O=C(Oc1ccccc1)N1CCCN(CCc2ccc([N+](=O)[O-])cc2)CC1. The number of para-hydroxylation sites is 1. The third kappa shape index (κ3) is 5.52. The Labute approximate surface area is 158 Å². The van der Waals surface area contributed by atoms with E-state index in [1.807, 2.05) is 18.2 Å². The Morgan fingerprint density at radius 2 is 1.74 bits per heavy atom. The van der Waals surface area contributed by atoms with Gasteiger partial charge in [-0.15, -0.1) is 0 Å². The lowest BCUT2D eigenvalue weighted by atomic mass is 10.1. The van der Waals surface area contributed by atoms with Gasteiger partial charge in [-0.1, -0.05) is 30.3 Å². The molecule has 1 heterocycles. The number of nitrogens with zero attached hydrogens (tertiary/aromatic N) is 3. The van der Waals surface area contributed by atoms with Crippen molar-refractivity contribution in [3.8, 4) is 5.75 Å². The van der Waals surface area contributed by atoms with Crippen molar-refractivity contribution in [1.82, 2.24) is 9.80 Å². The number of amides is 1. The topological polar surface area (TPSA) is 75.9 Å². The quantitative estimate of drug-likeness (QED) is 0.597. The van der Waals surface area contributed by atoms with E-state index in [0.29, 0.717) is 18.8 Å². The number of carbonyl (C=O) groups excluding carboxylic acids is 1. The fraction of sp³-hybridized carbons (Fsp3) is 0.350. The number of carbonyl (C=O) groups is 1. The maximum absolute atomic E-state index is 12.3. The van der Waals surface area contributed by atoms with Gasteiger partial charge in [0.1, 0.15) is 5.75 Å². The van der Waals surface area contributed by atoms with Crippen LogP contribution in [0.2, 0.25) is 0 Å². The molecule has 0 aromatic heterocycles. The maximum Gasteiger partial charge on any atom is 0.415 e. The van der Waals surface area contributed by atoms with Gasteiger partial charge in [0.2, 0.25) is 0 Å². The number of non-ortho nitro benzene ring substituents is 1. The molecule has 1 aliphatic heterocycles. The van der Waals surface area contributed by atoms with Gasteiger partial charge in [0, 0.05) is 38.3 Å². The molecule has 0 bridgehead atoms. The van der Waals surface area contributed by atoms with Crippen LogP contribution in [-0.4, -0.2) is 53.5 Å². The van der Waals surface area contributed by atoms with Crippen molar-refractivity contribution >= 4 is 11.8 Å². The average Bonchev–Trinajstić information content (AvgIpc) is 2.93. The van der Waals surface area contributed by atoms with Crippen molar-refractivity contribution in [3.63, 3.8) is 0 Å². The minimum Gasteiger partial charge on any atom is -0.410 e. The molecule has 142 valence electrons. The Morgan fingerprint density at radius 3 is 2.44 bits per heavy atom. The molecule has 27 heavy (non-hydrogen) atoms. The van der Waals surface area contributed by atoms with Crippen molar-refractivity contribution in [1.29, 1.82) is 0 Å². The van der Waals surface area contributed by atoms with Crippen molar-refractivity contribution in [2.45, 2.75) is 12.8 Å². The Morgan fingerprint density at radius 1 is 1.00 bits per heavy atom. The normalized spacial score (nSPS) is 15.2. The van der Waals surface area contributed by atoms with E-state index in [9.17, 15) is 14.9 Å². The molecular weight excluding hydrogens is 346 g/mol. The molecule has 0 spiro atoms. The molecule has 0 N–H and O–H groups in total. The number of nitro benzene ring substituents is 1. The van der Waals surface area contributed by atoms with Gasteiger partial charge in [-0.2, -0.15) is 0 Å². The lowest BCUT2D eigenvalue weighted by molar-refractivity contribution is -0.384. The minimum absolute atomic E-state index is 0.112. The predicted octanol–water partition coefficient (Wildman–Crippen LogP) is 3.34. The van der Waals surface area contributed by atoms with Gasteiger partial charge in [-0.25, -0.2) is 4.79 Å². The zero-order chi connectivity index (χ0) is 19.1. The zero-order valence-electron chi connectivity index (χ0n) is 15.1. The van der Waals surface area contributed by atoms with Gasteiger partial charge in [-0.05, 0) is 37.1 Å². The summed E-state index contributed by atoms with van der Waals surface area (Å²) in [7, 11) is 0. The Bertz CT molecular complexity index is 765. The van der Waals surface area contributed by atoms with Crippen LogP contribution in [0.25, 0.3) is 0 Å². The highest BCUT2D eigenvalue weighted by molar-refractivity contribution is 5.70. The summed E-state index contributed by atoms with van der Waals surface area (Å²) in [6.45, 7) is 3.88. The number of benzene rings is 2. The summed E-state index contributed by atoms with van der Waals surface area (Å²) in [5.74, 6) is 0.557. The third-order valence-electron chi connectivity index (χ3n) is 4.66. The highest BCUT2D eigenvalue weighted by Gasteiger charge is 2.20. The first kappa shape index (κ1) is 18.8. The number of ether oxygens (including phenoxy) is 1. The highest BCUT2D eigenvalue weighted by atomic mass is 16.6. The Hall–Kier alpha value is -2.93. The minimum atomic E-state index is -0.387. The second-order valence-electron chi connectivity index (χ2n) is 6.54. The molecular formula is C20H23N3O4. The van der Waals surface area contributed by atoms with Crippen LogP contribution in [0.5, 0.6) is 5.75 Å². The molecule has 0 unspecified atom stereocenters. The molecule has 1 aliphatic rings. The third-order valence-corrected chi connectivity index (χ3v) is 4.66. The number of rotatable bonds is 5. The monoisotopic (exact) mass is 369 g/mol. The van der Waals surface area contributed by atoms with E-state index in [0.717, 1.165) is 38.0 Å². The van der Waals surface area contributed by atoms with E-state index in [-0.39, 0.29) is 16.7 Å². The molecule has 7 heteroatoms. The molecule has 0 radical (unpaired) electrons. The fourth-order valence-corrected chi connectivity index (χ4v) is 3.10. The summed E-state index contributed by atoms with van der Waals surface area (Å²) in [4.78, 5) is 26.7. The average molecular weight is 369 g/mol. The smallest absolute Gasteiger partial charge is 0.410 e. The molecule has 1 fully saturated rings. The van der Waals surface area contributed by atoms with Crippen LogP contribution in [0, 0.1) is 10.1 Å². The molecule has 2 aromatic carbocycles. The first-order chi connectivity index (χ1) is 13.1. The number of hydrogen-bond acceptors (Lipinski definition) is 5. The largest absolute Gasteiger partial charge is 0.415 e. The van der Waals surface area contributed by atoms with E-state index in [1.165, 1.54) is 0 Å². The standard InChI is InChI=1S/C20H23N3O4/c24-20(27-19-5-2-1-3-6-19)22-13-4-12-21(15-16-22)14-11-17-7-9-18(10-8-17)23(25)26/h1-3,5-10H,4,11-16H2. The summed E-state index contributed by atoms with van der Waals surface area (Å²) in [5.41, 5.74) is 1.19. The van der Waals surface area contributed by atoms with Crippen molar-refractivity contribution in [2.24, 2.45) is 0 Å². The van der Waals surface area contributed by atoms with Crippen LogP contribution in [0.3, 0.4) is 0 Å². The predicted molar refractivity (Wildman–Crippen MR) is 102 cm³/mol. The molecule has 7 nitrogen and oxygen atoms in total. The van der Waals surface area contributed by atoms with Crippen LogP contribution in [0.1, 0.15) is 12.0 Å². The summed E-state index contributed by atoms with van der Waals surface area (Å²) in [6.07, 6.45) is 1.41. The van der Waals surface area contributed by atoms with Gasteiger partial charge < -0.3 is 14.5 Å². The summed E-state index contributed by atoms with van der Waals surface area (Å²) in [6, 6.07) is 15.8. The van der Waals surface area contributed by atoms with E-state index in [4.69, 9.17) is 4.74 Å². The summed E-state index contributed by atoms with van der Waals surface area (Å²) in [5, 5.41) is 10.7. The van der Waals surface area contributed by atoms with Gasteiger partial charge in [-0.3, -0.25) is 10.1 Å². The molecule has 1 amide bonds. The molecule has 2 aromatic rings. The second-order valence-corrected chi connectivity index (χ2v) is 6.54. The van der Waals surface area contributed by atoms with Crippen LogP contribution in [0.4, 0.5) is 10.5 Å². The van der Waals surface area contributed by atoms with E-state index in [2.05, 4.69) is 4.90 Å². The van der Waals surface area contributed by atoms with Crippen LogP contribution >= 0.6 is 0 Å². The van der Waals surface area contributed by atoms with Crippen molar-refractivity contribution in [3.05, 3.63) is 70.3 Å². The molecule has 1 saturated heterocycles. The van der Waals surface area contributed by atoms with Gasteiger partial charge in [0.25, 0.3) is 5.69 Å². The molecule has 0 aliphatic carbocycles. The molecule has 0 saturated carbocycles. The fourth-order valence-electron chi connectivity index (χ4n) is 3.10. The van der Waals surface area contributed by atoms with Crippen LogP contribution < -0.4 is 4.74 Å².